The molecule has 0 spiro atoms. The van der Waals surface area contributed by atoms with Gasteiger partial charge < -0.3 is 14.8 Å². The van der Waals surface area contributed by atoms with Crippen molar-refractivity contribution in [1.29, 1.82) is 0 Å². The summed E-state index contributed by atoms with van der Waals surface area (Å²) in [6, 6.07) is 10.6. The monoisotopic (exact) mass is 407 g/mol. The number of hydrogen-bond acceptors (Lipinski definition) is 4. The summed E-state index contributed by atoms with van der Waals surface area (Å²) in [6.07, 6.45) is 11.3. The van der Waals surface area contributed by atoms with Gasteiger partial charge in [0, 0.05) is 31.7 Å². The van der Waals surface area contributed by atoms with Crippen LogP contribution in [0.3, 0.4) is 0 Å². The normalized spacial score (nSPS) is 16.0. The zero-order chi connectivity index (χ0) is 20.8. The van der Waals surface area contributed by atoms with Gasteiger partial charge in [-0.25, -0.2) is 9.78 Å². The molecule has 4 rings (SSSR count). The van der Waals surface area contributed by atoms with Crippen LogP contribution in [0.5, 0.6) is 0 Å². The number of carboxylic acid groups (broad SMARTS) is 1. The number of carbonyl (C=O) groups is 1. The summed E-state index contributed by atoms with van der Waals surface area (Å²) in [4.78, 5) is 22.7. The molecule has 7 heteroatoms. The molecule has 0 aromatic carbocycles. The molecule has 1 aliphatic carbocycles. The Hall–Kier alpha value is -2.93. The quantitative estimate of drug-likeness (QED) is 0.523. The zero-order valence-corrected chi connectivity index (χ0v) is 17.2. The third-order valence-electron chi connectivity index (χ3n) is 5.78. The Morgan fingerprint density at radius 3 is 3.03 bits per heavy atom. The van der Waals surface area contributed by atoms with Gasteiger partial charge in [0.1, 0.15) is 5.65 Å². The second kappa shape index (κ2) is 9.71. The Balaban J connectivity index is 1.47. The van der Waals surface area contributed by atoms with Crippen molar-refractivity contribution in [3.8, 4) is 0 Å². The number of rotatable bonds is 9. The van der Waals surface area contributed by atoms with Crippen LogP contribution >= 0.6 is 0 Å². The maximum Gasteiger partial charge on any atom is 0.404 e. The third-order valence-corrected chi connectivity index (χ3v) is 5.78. The first-order valence-corrected chi connectivity index (χ1v) is 10.8. The van der Waals surface area contributed by atoms with Crippen molar-refractivity contribution in [2.24, 2.45) is 0 Å². The summed E-state index contributed by atoms with van der Waals surface area (Å²) in [5, 5.41) is 11.2. The second-order valence-electron chi connectivity index (χ2n) is 7.92. The van der Waals surface area contributed by atoms with E-state index < -0.39 is 6.09 Å². The maximum absolute atomic E-state index is 10.6. The fourth-order valence-corrected chi connectivity index (χ4v) is 4.37. The van der Waals surface area contributed by atoms with E-state index in [4.69, 9.17) is 15.1 Å². The van der Waals surface area contributed by atoms with Gasteiger partial charge in [-0.1, -0.05) is 18.6 Å². The first-order valence-electron chi connectivity index (χ1n) is 10.8. The number of pyridine rings is 2. The van der Waals surface area contributed by atoms with Crippen molar-refractivity contribution in [3.05, 3.63) is 65.9 Å². The molecule has 3 aromatic heterocycles. The minimum absolute atomic E-state index is 0.303. The predicted octanol–water partition coefficient (Wildman–Crippen LogP) is 4.05. The van der Waals surface area contributed by atoms with Gasteiger partial charge in [-0.3, -0.25) is 9.88 Å². The van der Waals surface area contributed by atoms with Gasteiger partial charge in [-0.15, -0.1) is 0 Å². The lowest BCUT2D eigenvalue weighted by molar-refractivity contribution is 0.160. The van der Waals surface area contributed by atoms with Crippen LogP contribution in [0.15, 0.2) is 48.9 Å². The minimum atomic E-state index is -0.951. The lowest BCUT2D eigenvalue weighted by Crippen LogP contribution is -2.33. The standard InChI is InChI=1S/C23H29N5O2/c29-23(30)25-12-3-1-4-14-27(16-19-17-28-15-5-2-11-21(28)26-19)20-10-6-8-18-9-7-13-24-22(18)20/h2,5,7,9,11,13,15,17,20,25H,1,3-4,6,8,10,12,14,16H2,(H,29,30). The van der Waals surface area contributed by atoms with Crippen molar-refractivity contribution in [2.75, 3.05) is 13.1 Å². The van der Waals surface area contributed by atoms with Gasteiger partial charge in [0.15, 0.2) is 0 Å². The Labute approximate surface area is 176 Å². The fourth-order valence-electron chi connectivity index (χ4n) is 4.37. The van der Waals surface area contributed by atoms with Crippen LogP contribution in [0.4, 0.5) is 4.79 Å². The van der Waals surface area contributed by atoms with E-state index in [1.54, 1.807) is 0 Å². The number of fused-ring (bicyclic) bond motifs is 2. The van der Waals surface area contributed by atoms with E-state index in [0.29, 0.717) is 12.6 Å². The lowest BCUT2D eigenvalue weighted by atomic mass is 9.90. The highest BCUT2D eigenvalue weighted by Gasteiger charge is 2.27. The molecule has 30 heavy (non-hydrogen) atoms. The number of unbranched alkanes of at least 4 members (excludes halogenated alkanes) is 2. The molecule has 0 bridgehead atoms. The summed E-state index contributed by atoms with van der Waals surface area (Å²) in [6.45, 7) is 2.24. The highest BCUT2D eigenvalue weighted by Crippen LogP contribution is 2.33. The van der Waals surface area contributed by atoms with Crippen molar-refractivity contribution < 1.29 is 9.90 Å². The molecule has 3 aromatic rings. The number of nitrogens with one attached hydrogen (secondary N) is 1. The lowest BCUT2D eigenvalue weighted by Gasteiger charge is -2.34. The van der Waals surface area contributed by atoms with Gasteiger partial charge in [0.25, 0.3) is 0 Å². The van der Waals surface area contributed by atoms with Crippen LogP contribution in [0.25, 0.3) is 5.65 Å². The number of aromatic nitrogens is 3. The molecule has 1 aliphatic rings. The first-order chi connectivity index (χ1) is 14.7. The Kier molecular flexibility index (Phi) is 6.59. The molecule has 1 amide bonds. The molecule has 0 saturated heterocycles. The highest BCUT2D eigenvalue weighted by molar-refractivity contribution is 5.64. The van der Waals surface area contributed by atoms with Crippen molar-refractivity contribution >= 4 is 11.7 Å². The van der Waals surface area contributed by atoms with Gasteiger partial charge >= 0.3 is 6.09 Å². The summed E-state index contributed by atoms with van der Waals surface area (Å²) in [7, 11) is 0. The topological polar surface area (TPSA) is 82.8 Å². The van der Waals surface area contributed by atoms with Gasteiger partial charge in [-0.2, -0.15) is 0 Å². The molecular weight excluding hydrogens is 378 g/mol. The van der Waals surface area contributed by atoms with E-state index in [2.05, 4.69) is 26.9 Å². The third kappa shape index (κ3) is 4.97. The first kappa shape index (κ1) is 20.3. The molecule has 3 heterocycles. The van der Waals surface area contributed by atoms with Crippen molar-refractivity contribution in [1.82, 2.24) is 24.6 Å². The highest BCUT2D eigenvalue weighted by atomic mass is 16.4. The molecular formula is C23H29N5O2. The molecule has 0 saturated carbocycles. The van der Waals surface area contributed by atoms with Crippen LogP contribution < -0.4 is 5.32 Å². The number of amides is 1. The van der Waals surface area contributed by atoms with Crippen LogP contribution in [-0.4, -0.2) is 43.6 Å². The van der Waals surface area contributed by atoms with Crippen LogP contribution in [-0.2, 0) is 13.0 Å². The van der Waals surface area contributed by atoms with Gasteiger partial charge in [-0.05, 0) is 62.4 Å². The van der Waals surface area contributed by atoms with Crippen molar-refractivity contribution in [2.45, 2.75) is 51.1 Å². The zero-order valence-electron chi connectivity index (χ0n) is 17.2. The van der Waals surface area contributed by atoms with Crippen LogP contribution in [0.2, 0.25) is 0 Å². The van der Waals surface area contributed by atoms with Gasteiger partial charge in [0.2, 0.25) is 0 Å². The summed E-state index contributed by atoms with van der Waals surface area (Å²) < 4.78 is 2.07. The molecule has 1 unspecified atom stereocenters. The van der Waals surface area contributed by atoms with Gasteiger partial charge in [0.05, 0.1) is 17.4 Å². The van der Waals surface area contributed by atoms with E-state index in [-0.39, 0.29) is 0 Å². The summed E-state index contributed by atoms with van der Waals surface area (Å²) in [5.74, 6) is 0. The van der Waals surface area contributed by atoms with Crippen LogP contribution in [0, 0.1) is 0 Å². The largest absolute Gasteiger partial charge is 0.465 e. The van der Waals surface area contributed by atoms with E-state index in [1.165, 1.54) is 17.7 Å². The molecule has 7 nitrogen and oxygen atoms in total. The minimum Gasteiger partial charge on any atom is -0.465 e. The number of hydrogen-bond donors (Lipinski definition) is 2. The second-order valence-corrected chi connectivity index (χ2v) is 7.92. The smallest absolute Gasteiger partial charge is 0.404 e. The predicted molar refractivity (Wildman–Crippen MR) is 115 cm³/mol. The average molecular weight is 408 g/mol. The maximum atomic E-state index is 10.6. The molecule has 0 radical (unpaired) electrons. The van der Waals surface area contributed by atoms with E-state index in [1.807, 2.05) is 36.7 Å². The molecule has 0 fully saturated rings. The van der Waals surface area contributed by atoms with E-state index >= 15 is 0 Å². The fraction of sp³-hybridized carbons (Fsp3) is 0.435. The Bertz CT molecular complexity index is 953. The molecule has 2 N–H and O–H groups in total. The summed E-state index contributed by atoms with van der Waals surface area (Å²) in [5.41, 5.74) is 4.60. The van der Waals surface area contributed by atoms with E-state index in [9.17, 15) is 4.79 Å². The molecule has 0 aliphatic heterocycles. The summed E-state index contributed by atoms with van der Waals surface area (Å²) >= 11 is 0. The van der Waals surface area contributed by atoms with Crippen molar-refractivity contribution in [3.63, 3.8) is 0 Å². The molecule has 158 valence electrons. The number of imidazole rings is 1. The average Bonchev–Trinajstić information content (AvgIpc) is 3.17. The van der Waals surface area contributed by atoms with Crippen LogP contribution in [0.1, 0.15) is 55.1 Å². The Morgan fingerprint density at radius 1 is 1.23 bits per heavy atom. The van der Waals surface area contributed by atoms with E-state index in [0.717, 1.165) is 56.5 Å². The number of nitrogens with zero attached hydrogens (tertiary/aromatic N) is 4. The Morgan fingerprint density at radius 2 is 2.17 bits per heavy atom. The number of aryl methyl sites for hydroxylation is 1. The SMILES string of the molecule is O=C(O)NCCCCCN(Cc1cn2ccccc2n1)C1CCCc2cccnc21. The molecule has 1 atom stereocenters.